The highest BCUT2D eigenvalue weighted by Crippen LogP contribution is 2.34. The Kier molecular flexibility index (Phi) is 3.94. The molecule has 108 valence electrons. The molecule has 3 rings (SSSR count). The second-order valence-corrected chi connectivity index (χ2v) is 5.81. The number of rotatable bonds is 4. The molecule has 0 aliphatic carbocycles. The fraction of sp³-hybridized carbons (Fsp3) is 0.200. The van der Waals surface area contributed by atoms with Crippen LogP contribution in [-0.4, -0.2) is 17.1 Å². The number of nitrogens with zero attached hydrogens (tertiary/aromatic N) is 2. The molecule has 3 aromatic rings. The molecule has 2 heterocycles. The quantitative estimate of drug-likeness (QED) is 0.653. The third-order valence-corrected chi connectivity index (χ3v) is 4.35. The van der Waals surface area contributed by atoms with Crippen LogP contribution in [0.3, 0.4) is 0 Å². The molecule has 0 atom stereocenters. The molecule has 0 saturated carbocycles. The van der Waals surface area contributed by atoms with Crippen molar-refractivity contribution < 1.29 is 9.47 Å². The van der Waals surface area contributed by atoms with Crippen LogP contribution in [0.25, 0.3) is 10.2 Å². The lowest BCUT2D eigenvalue weighted by molar-refractivity contribution is 0.412. The van der Waals surface area contributed by atoms with E-state index >= 15 is 0 Å². The second kappa shape index (κ2) is 5.87. The van der Waals surface area contributed by atoms with E-state index in [0.717, 1.165) is 22.4 Å². The first-order valence-corrected chi connectivity index (χ1v) is 7.67. The molecule has 1 aromatic carbocycles. The van der Waals surface area contributed by atoms with Crippen LogP contribution in [0.5, 0.6) is 17.4 Å². The minimum absolute atomic E-state index is 0.190. The molecule has 0 aliphatic rings. The molecule has 21 heavy (non-hydrogen) atoms. The Morgan fingerprint density at radius 2 is 1.86 bits per heavy atom. The molecule has 0 spiro atoms. The van der Waals surface area contributed by atoms with E-state index in [1.54, 1.807) is 18.4 Å². The summed E-state index contributed by atoms with van der Waals surface area (Å²) >= 11 is 7.58. The zero-order valence-corrected chi connectivity index (χ0v) is 13.2. The van der Waals surface area contributed by atoms with Gasteiger partial charge in [0, 0.05) is 4.88 Å². The van der Waals surface area contributed by atoms with Crippen LogP contribution in [0.4, 0.5) is 0 Å². The summed E-state index contributed by atoms with van der Waals surface area (Å²) in [5.41, 5.74) is 0. The van der Waals surface area contributed by atoms with Gasteiger partial charge in [0.2, 0.25) is 11.2 Å². The van der Waals surface area contributed by atoms with Gasteiger partial charge in [-0.25, -0.2) is 4.98 Å². The molecule has 0 unspecified atom stereocenters. The number of aromatic nitrogens is 2. The van der Waals surface area contributed by atoms with Gasteiger partial charge < -0.3 is 9.47 Å². The molecular weight excluding hydrogens is 308 g/mol. The maximum atomic E-state index is 5.97. The van der Waals surface area contributed by atoms with Crippen molar-refractivity contribution in [3.63, 3.8) is 0 Å². The first-order chi connectivity index (χ1) is 10.2. The Morgan fingerprint density at radius 3 is 2.52 bits per heavy atom. The van der Waals surface area contributed by atoms with E-state index in [1.165, 1.54) is 4.88 Å². The number of halogens is 1. The number of methoxy groups -OCH3 is 1. The van der Waals surface area contributed by atoms with Crippen molar-refractivity contribution in [1.29, 1.82) is 0 Å². The van der Waals surface area contributed by atoms with Crippen LogP contribution < -0.4 is 9.47 Å². The summed E-state index contributed by atoms with van der Waals surface area (Å²) in [5.74, 6) is 1.93. The highest BCUT2D eigenvalue weighted by atomic mass is 35.5. The van der Waals surface area contributed by atoms with Gasteiger partial charge >= 0.3 is 0 Å². The largest absolute Gasteiger partial charge is 0.497 e. The van der Waals surface area contributed by atoms with Crippen LogP contribution >= 0.6 is 22.9 Å². The van der Waals surface area contributed by atoms with E-state index in [-0.39, 0.29) is 5.28 Å². The minimum Gasteiger partial charge on any atom is -0.497 e. The lowest BCUT2D eigenvalue weighted by Gasteiger charge is -2.06. The summed E-state index contributed by atoms with van der Waals surface area (Å²) in [7, 11) is 1.63. The highest BCUT2D eigenvalue weighted by Gasteiger charge is 2.12. The van der Waals surface area contributed by atoms with Crippen LogP contribution in [0, 0.1) is 0 Å². The van der Waals surface area contributed by atoms with Gasteiger partial charge in [-0.3, -0.25) is 0 Å². The predicted octanol–water partition coefficient (Wildman–Crippen LogP) is 4.71. The number of benzene rings is 1. The van der Waals surface area contributed by atoms with Gasteiger partial charge in [-0.15, -0.1) is 11.3 Å². The van der Waals surface area contributed by atoms with Crippen molar-refractivity contribution in [3.8, 4) is 17.4 Å². The zero-order chi connectivity index (χ0) is 14.8. The van der Waals surface area contributed by atoms with Crippen LogP contribution in [0.2, 0.25) is 5.28 Å². The van der Waals surface area contributed by atoms with Crippen molar-refractivity contribution in [3.05, 3.63) is 40.5 Å². The Morgan fingerprint density at radius 1 is 1.14 bits per heavy atom. The third kappa shape index (κ3) is 2.94. The lowest BCUT2D eigenvalue weighted by atomic mass is 10.3. The van der Waals surface area contributed by atoms with Gasteiger partial charge in [-0.1, -0.05) is 6.92 Å². The van der Waals surface area contributed by atoms with E-state index in [1.807, 2.05) is 24.3 Å². The van der Waals surface area contributed by atoms with Crippen molar-refractivity contribution in [2.75, 3.05) is 7.11 Å². The summed E-state index contributed by atoms with van der Waals surface area (Å²) in [5, 5.41) is 1.08. The Labute approximate surface area is 131 Å². The molecule has 4 nitrogen and oxygen atoms in total. The molecule has 0 fully saturated rings. The number of thiophene rings is 1. The fourth-order valence-electron chi connectivity index (χ4n) is 1.93. The number of ether oxygens (including phenoxy) is 2. The van der Waals surface area contributed by atoms with Gasteiger partial charge in [-0.05, 0) is 48.4 Å². The average molecular weight is 321 g/mol. The summed E-state index contributed by atoms with van der Waals surface area (Å²) in [6, 6.07) is 9.37. The van der Waals surface area contributed by atoms with Gasteiger partial charge in [0.05, 0.1) is 12.5 Å². The first-order valence-electron chi connectivity index (χ1n) is 6.47. The SMILES string of the molecule is CCc1cc2c(Oc3ccc(OC)cc3)nc(Cl)nc2s1. The molecule has 6 heteroatoms. The molecular formula is C15H13ClN2O2S. The second-order valence-electron chi connectivity index (χ2n) is 4.36. The maximum absolute atomic E-state index is 5.97. The van der Waals surface area contributed by atoms with Crippen molar-refractivity contribution in [2.24, 2.45) is 0 Å². The summed E-state index contributed by atoms with van der Waals surface area (Å²) in [4.78, 5) is 10.5. The molecule has 0 bridgehead atoms. The molecule has 0 amide bonds. The van der Waals surface area contributed by atoms with Crippen molar-refractivity contribution >= 4 is 33.2 Å². The summed E-state index contributed by atoms with van der Waals surface area (Å²) < 4.78 is 11.0. The maximum Gasteiger partial charge on any atom is 0.232 e. The fourth-order valence-corrected chi connectivity index (χ4v) is 3.10. The van der Waals surface area contributed by atoms with Crippen LogP contribution in [-0.2, 0) is 6.42 Å². The van der Waals surface area contributed by atoms with E-state index in [2.05, 4.69) is 23.0 Å². The van der Waals surface area contributed by atoms with E-state index in [0.29, 0.717) is 11.6 Å². The standard InChI is InChI=1S/C15H13ClN2O2S/c1-3-11-8-12-13(17-15(16)18-14(12)21-11)20-10-6-4-9(19-2)5-7-10/h4-8H,3H2,1-2H3. The molecule has 0 aliphatic heterocycles. The van der Waals surface area contributed by atoms with Crippen molar-refractivity contribution in [2.45, 2.75) is 13.3 Å². The Bertz CT molecular complexity index is 771. The van der Waals surface area contributed by atoms with Crippen LogP contribution in [0.1, 0.15) is 11.8 Å². The summed E-state index contributed by atoms with van der Waals surface area (Å²) in [6.45, 7) is 2.10. The van der Waals surface area contributed by atoms with Gasteiger partial charge in [0.25, 0.3) is 0 Å². The molecule has 2 aromatic heterocycles. The third-order valence-electron chi connectivity index (χ3n) is 3.00. The predicted molar refractivity (Wildman–Crippen MR) is 84.9 cm³/mol. The molecule has 0 saturated heterocycles. The van der Waals surface area contributed by atoms with Crippen molar-refractivity contribution in [1.82, 2.24) is 9.97 Å². The highest BCUT2D eigenvalue weighted by molar-refractivity contribution is 7.18. The Balaban J connectivity index is 2.00. The number of hydrogen-bond donors (Lipinski definition) is 0. The van der Waals surface area contributed by atoms with E-state index in [4.69, 9.17) is 21.1 Å². The summed E-state index contributed by atoms with van der Waals surface area (Å²) in [6.07, 6.45) is 0.945. The normalized spacial score (nSPS) is 10.8. The number of fused-ring (bicyclic) bond motifs is 1. The first kappa shape index (κ1) is 14.1. The monoisotopic (exact) mass is 320 g/mol. The van der Waals surface area contributed by atoms with Crippen LogP contribution in [0.15, 0.2) is 30.3 Å². The van der Waals surface area contributed by atoms with Gasteiger partial charge in [0.1, 0.15) is 16.3 Å². The van der Waals surface area contributed by atoms with E-state index in [9.17, 15) is 0 Å². The number of hydrogen-bond acceptors (Lipinski definition) is 5. The number of aryl methyl sites for hydroxylation is 1. The van der Waals surface area contributed by atoms with Gasteiger partial charge in [0.15, 0.2) is 0 Å². The Hall–Kier alpha value is -1.85. The lowest BCUT2D eigenvalue weighted by Crippen LogP contribution is -1.91. The smallest absolute Gasteiger partial charge is 0.232 e. The minimum atomic E-state index is 0.190. The molecule has 0 radical (unpaired) electrons. The molecule has 0 N–H and O–H groups in total. The average Bonchev–Trinajstić information content (AvgIpc) is 2.91. The van der Waals surface area contributed by atoms with E-state index < -0.39 is 0 Å². The van der Waals surface area contributed by atoms with Gasteiger partial charge in [-0.2, -0.15) is 4.98 Å². The zero-order valence-electron chi connectivity index (χ0n) is 11.6. The topological polar surface area (TPSA) is 44.2 Å².